The smallest absolute Gasteiger partial charge is 0.277 e. The topological polar surface area (TPSA) is 68.5 Å². The molecule has 3 aromatic rings. The van der Waals surface area contributed by atoms with Gasteiger partial charge in [0.1, 0.15) is 10.9 Å². The highest BCUT2D eigenvalue weighted by atomic mass is 35.5. The van der Waals surface area contributed by atoms with Crippen molar-refractivity contribution < 1.29 is 9.53 Å². The summed E-state index contributed by atoms with van der Waals surface area (Å²) in [6.07, 6.45) is 1.47. The van der Waals surface area contributed by atoms with E-state index in [2.05, 4.69) is 15.6 Å². The predicted molar refractivity (Wildman–Crippen MR) is 111 cm³/mol. The maximum absolute atomic E-state index is 11.9. The first-order valence-electron chi connectivity index (χ1n) is 8.46. The first kappa shape index (κ1) is 19.9. The highest BCUT2D eigenvalue weighted by Crippen LogP contribution is 2.22. The average Bonchev–Trinajstić information content (AvgIpc) is 2.96. The van der Waals surface area contributed by atoms with Gasteiger partial charge in [-0.15, -0.1) is 0 Å². The van der Waals surface area contributed by atoms with Gasteiger partial charge in [0.15, 0.2) is 6.61 Å². The van der Waals surface area contributed by atoms with Crippen molar-refractivity contribution in [3.05, 3.63) is 75.5 Å². The number of carbonyl (C=O) groups excluding carboxylic acids is 1. The Balaban J connectivity index is 1.61. The number of nitrogens with zero attached hydrogens (tertiary/aromatic N) is 3. The van der Waals surface area contributed by atoms with E-state index in [-0.39, 0.29) is 6.61 Å². The Morgan fingerprint density at radius 3 is 2.50 bits per heavy atom. The molecular formula is C20H18Cl2N4O2. The second-order valence-corrected chi connectivity index (χ2v) is 6.87. The number of aromatic nitrogens is 2. The molecule has 3 rings (SSSR count). The highest BCUT2D eigenvalue weighted by molar-refractivity contribution is 6.32. The lowest BCUT2D eigenvalue weighted by Gasteiger charge is -2.04. The summed E-state index contributed by atoms with van der Waals surface area (Å²) in [4.78, 5) is 11.9. The molecule has 1 N–H and O–H groups in total. The van der Waals surface area contributed by atoms with Crippen LogP contribution in [0.3, 0.4) is 0 Å². The summed E-state index contributed by atoms with van der Waals surface area (Å²) in [5.74, 6) is 0.146. The van der Waals surface area contributed by atoms with Crippen molar-refractivity contribution in [2.24, 2.45) is 5.10 Å². The van der Waals surface area contributed by atoms with E-state index in [4.69, 9.17) is 27.9 Å². The quantitative estimate of drug-likeness (QED) is 0.480. The van der Waals surface area contributed by atoms with Crippen LogP contribution in [-0.4, -0.2) is 28.5 Å². The minimum atomic E-state index is -0.397. The lowest BCUT2D eigenvalue weighted by Crippen LogP contribution is -2.24. The van der Waals surface area contributed by atoms with Crippen molar-refractivity contribution in [1.29, 1.82) is 0 Å². The molecule has 0 aliphatic rings. The number of hydrogen-bond donors (Lipinski definition) is 1. The second kappa shape index (κ2) is 8.91. The summed E-state index contributed by atoms with van der Waals surface area (Å²) in [6.45, 7) is 3.66. The van der Waals surface area contributed by atoms with Crippen LogP contribution in [0.1, 0.15) is 16.8 Å². The summed E-state index contributed by atoms with van der Waals surface area (Å²) >= 11 is 12.2. The summed E-state index contributed by atoms with van der Waals surface area (Å²) < 4.78 is 6.99. The van der Waals surface area contributed by atoms with Crippen molar-refractivity contribution in [3.8, 4) is 11.4 Å². The zero-order valence-corrected chi connectivity index (χ0v) is 16.8. The van der Waals surface area contributed by atoms with Gasteiger partial charge in [-0.1, -0.05) is 40.9 Å². The minimum absolute atomic E-state index is 0.172. The number of carbonyl (C=O) groups is 1. The van der Waals surface area contributed by atoms with Gasteiger partial charge < -0.3 is 4.74 Å². The van der Waals surface area contributed by atoms with Crippen LogP contribution in [0.5, 0.6) is 5.75 Å². The standard InChI is InChI=1S/C20H18Cl2N4O2/c1-13-3-7-16(8-4-13)26-20(22)18(14(2)25-26)11-23-24-19(27)12-28-17-9-5-15(21)6-10-17/h3-11H,12H2,1-2H3,(H,24,27)/b23-11+. The van der Waals surface area contributed by atoms with E-state index >= 15 is 0 Å². The molecule has 28 heavy (non-hydrogen) atoms. The molecule has 144 valence electrons. The molecule has 0 aliphatic heterocycles. The lowest BCUT2D eigenvalue weighted by atomic mass is 10.2. The van der Waals surface area contributed by atoms with Gasteiger partial charge in [-0.2, -0.15) is 10.2 Å². The Kier molecular flexibility index (Phi) is 6.34. The van der Waals surface area contributed by atoms with Crippen LogP contribution < -0.4 is 10.2 Å². The van der Waals surface area contributed by atoms with Crippen LogP contribution in [0.25, 0.3) is 5.69 Å². The number of rotatable bonds is 6. The summed E-state index contributed by atoms with van der Waals surface area (Å²) in [5.41, 5.74) is 5.72. The van der Waals surface area contributed by atoms with E-state index in [1.165, 1.54) is 6.21 Å². The third-order valence-corrected chi connectivity index (χ3v) is 4.51. The molecule has 1 heterocycles. The van der Waals surface area contributed by atoms with Crippen LogP contribution in [0.4, 0.5) is 0 Å². The van der Waals surface area contributed by atoms with E-state index in [0.29, 0.717) is 27.2 Å². The fourth-order valence-electron chi connectivity index (χ4n) is 2.40. The number of halogens is 2. The molecule has 1 amide bonds. The molecule has 0 bridgehead atoms. The molecule has 0 unspecified atom stereocenters. The normalized spacial score (nSPS) is 11.0. The van der Waals surface area contributed by atoms with E-state index in [1.807, 2.05) is 38.1 Å². The largest absolute Gasteiger partial charge is 0.484 e. The van der Waals surface area contributed by atoms with Gasteiger partial charge in [0.2, 0.25) is 0 Å². The number of hydrogen-bond acceptors (Lipinski definition) is 4. The molecule has 6 nitrogen and oxygen atoms in total. The van der Waals surface area contributed by atoms with Gasteiger partial charge in [-0.05, 0) is 50.2 Å². The Labute approximate surface area is 172 Å². The summed E-state index contributed by atoms with van der Waals surface area (Å²) in [6, 6.07) is 14.6. The fourth-order valence-corrected chi connectivity index (χ4v) is 2.84. The molecule has 1 aromatic heterocycles. The van der Waals surface area contributed by atoms with Crippen molar-refractivity contribution in [1.82, 2.24) is 15.2 Å². The van der Waals surface area contributed by atoms with E-state index in [1.54, 1.807) is 28.9 Å². The van der Waals surface area contributed by atoms with Gasteiger partial charge in [-0.25, -0.2) is 10.1 Å². The van der Waals surface area contributed by atoms with Crippen LogP contribution in [0, 0.1) is 13.8 Å². The van der Waals surface area contributed by atoms with Gasteiger partial charge in [0.05, 0.1) is 23.2 Å². The zero-order valence-electron chi connectivity index (χ0n) is 15.3. The van der Waals surface area contributed by atoms with Crippen molar-refractivity contribution in [2.75, 3.05) is 6.61 Å². The fraction of sp³-hybridized carbons (Fsp3) is 0.150. The second-order valence-electron chi connectivity index (χ2n) is 6.07. The molecule has 8 heteroatoms. The third kappa shape index (κ3) is 4.91. The zero-order chi connectivity index (χ0) is 20.1. The molecule has 0 spiro atoms. The number of aryl methyl sites for hydroxylation is 2. The number of hydrazone groups is 1. The van der Waals surface area contributed by atoms with E-state index in [0.717, 1.165) is 11.3 Å². The maximum atomic E-state index is 11.9. The van der Waals surface area contributed by atoms with E-state index < -0.39 is 5.91 Å². The lowest BCUT2D eigenvalue weighted by molar-refractivity contribution is -0.123. The van der Waals surface area contributed by atoms with Gasteiger partial charge in [0, 0.05) is 5.02 Å². The Morgan fingerprint density at radius 1 is 1.14 bits per heavy atom. The molecule has 0 atom stereocenters. The molecular weight excluding hydrogens is 399 g/mol. The van der Waals surface area contributed by atoms with Gasteiger partial charge in [0.25, 0.3) is 5.91 Å². The molecule has 0 aliphatic carbocycles. The average molecular weight is 417 g/mol. The Bertz CT molecular complexity index is 996. The highest BCUT2D eigenvalue weighted by Gasteiger charge is 2.13. The van der Waals surface area contributed by atoms with Crippen LogP contribution in [-0.2, 0) is 4.79 Å². The number of amides is 1. The number of benzene rings is 2. The van der Waals surface area contributed by atoms with Crippen molar-refractivity contribution in [2.45, 2.75) is 13.8 Å². The van der Waals surface area contributed by atoms with Gasteiger partial charge >= 0.3 is 0 Å². The minimum Gasteiger partial charge on any atom is -0.484 e. The molecule has 0 saturated carbocycles. The summed E-state index contributed by atoms with van der Waals surface area (Å²) in [5, 5.41) is 9.39. The Hall–Kier alpha value is -2.83. The first-order valence-corrected chi connectivity index (χ1v) is 9.22. The van der Waals surface area contributed by atoms with Gasteiger partial charge in [-0.3, -0.25) is 4.79 Å². The van der Waals surface area contributed by atoms with Crippen molar-refractivity contribution >= 4 is 35.3 Å². The van der Waals surface area contributed by atoms with Crippen LogP contribution in [0.2, 0.25) is 10.2 Å². The Morgan fingerprint density at radius 2 is 1.82 bits per heavy atom. The molecule has 0 radical (unpaired) electrons. The van der Waals surface area contributed by atoms with Crippen molar-refractivity contribution in [3.63, 3.8) is 0 Å². The number of ether oxygens (including phenoxy) is 1. The first-order chi connectivity index (χ1) is 13.4. The monoisotopic (exact) mass is 416 g/mol. The number of nitrogens with one attached hydrogen (secondary N) is 1. The maximum Gasteiger partial charge on any atom is 0.277 e. The third-order valence-electron chi connectivity index (χ3n) is 3.89. The molecule has 0 saturated heterocycles. The van der Waals surface area contributed by atoms with Crippen LogP contribution >= 0.6 is 23.2 Å². The molecule has 0 fully saturated rings. The molecule has 2 aromatic carbocycles. The summed E-state index contributed by atoms with van der Waals surface area (Å²) in [7, 11) is 0. The SMILES string of the molecule is Cc1ccc(-n2nc(C)c(/C=N/NC(=O)COc3ccc(Cl)cc3)c2Cl)cc1. The van der Waals surface area contributed by atoms with E-state index in [9.17, 15) is 4.79 Å². The predicted octanol–water partition coefficient (Wildman–Crippen LogP) is 4.33. The van der Waals surface area contributed by atoms with Crippen LogP contribution in [0.15, 0.2) is 53.6 Å².